The molecule has 1 unspecified atom stereocenters. The number of aryl methyl sites for hydroxylation is 1. The van der Waals surface area contributed by atoms with Gasteiger partial charge in [-0.1, -0.05) is 42.5 Å². The molecule has 0 bridgehead atoms. The molecular formula is C24H32N2O5. The van der Waals surface area contributed by atoms with Crippen LogP contribution in [0.3, 0.4) is 0 Å². The SMILES string of the molecule is CC(O)CCNC(=O)COc1ccc(CCCCNC(=O)OCc2ccccc2)cc1. The van der Waals surface area contributed by atoms with Crippen molar-refractivity contribution < 1.29 is 24.2 Å². The van der Waals surface area contributed by atoms with Crippen molar-refractivity contribution in [2.45, 2.75) is 45.3 Å². The Morgan fingerprint density at radius 3 is 2.39 bits per heavy atom. The Morgan fingerprint density at radius 2 is 1.68 bits per heavy atom. The molecular weight excluding hydrogens is 396 g/mol. The largest absolute Gasteiger partial charge is 0.484 e. The molecule has 0 saturated heterocycles. The molecule has 0 spiro atoms. The Labute approximate surface area is 183 Å². The second-order valence-electron chi connectivity index (χ2n) is 7.37. The van der Waals surface area contributed by atoms with Crippen LogP contribution >= 0.6 is 0 Å². The van der Waals surface area contributed by atoms with Crippen LogP contribution in [0.15, 0.2) is 54.6 Å². The van der Waals surface area contributed by atoms with E-state index >= 15 is 0 Å². The molecule has 0 radical (unpaired) electrons. The van der Waals surface area contributed by atoms with Crippen molar-refractivity contribution in [1.29, 1.82) is 0 Å². The number of carbonyl (C=O) groups is 2. The fourth-order valence-corrected chi connectivity index (χ4v) is 2.79. The van der Waals surface area contributed by atoms with Crippen LogP contribution in [-0.2, 0) is 22.6 Å². The Balaban J connectivity index is 1.53. The molecule has 0 aliphatic rings. The second kappa shape index (κ2) is 14.0. The minimum atomic E-state index is -0.432. The van der Waals surface area contributed by atoms with Gasteiger partial charge in [0.15, 0.2) is 6.61 Å². The first-order valence-corrected chi connectivity index (χ1v) is 10.6. The zero-order valence-electron chi connectivity index (χ0n) is 18.0. The lowest BCUT2D eigenvalue weighted by Gasteiger charge is -2.09. The summed E-state index contributed by atoms with van der Waals surface area (Å²) in [7, 11) is 0. The van der Waals surface area contributed by atoms with Gasteiger partial charge in [-0.05, 0) is 55.9 Å². The summed E-state index contributed by atoms with van der Waals surface area (Å²) < 4.78 is 10.6. The van der Waals surface area contributed by atoms with Crippen LogP contribution in [0.2, 0.25) is 0 Å². The van der Waals surface area contributed by atoms with Crippen molar-refractivity contribution in [2.24, 2.45) is 0 Å². The predicted molar refractivity (Wildman–Crippen MR) is 119 cm³/mol. The fraction of sp³-hybridized carbons (Fsp3) is 0.417. The van der Waals surface area contributed by atoms with Gasteiger partial charge in [0.2, 0.25) is 0 Å². The van der Waals surface area contributed by atoms with Crippen LogP contribution in [0.4, 0.5) is 4.79 Å². The summed E-state index contributed by atoms with van der Waals surface area (Å²) in [5, 5.41) is 14.6. The van der Waals surface area contributed by atoms with Crippen LogP contribution in [0.25, 0.3) is 0 Å². The maximum absolute atomic E-state index is 11.7. The van der Waals surface area contributed by atoms with E-state index in [0.29, 0.717) is 25.3 Å². The molecule has 2 aromatic carbocycles. The number of nitrogens with one attached hydrogen (secondary N) is 2. The average Bonchev–Trinajstić information content (AvgIpc) is 2.77. The summed E-state index contributed by atoms with van der Waals surface area (Å²) in [5.41, 5.74) is 2.13. The fourth-order valence-electron chi connectivity index (χ4n) is 2.79. The molecule has 0 fully saturated rings. The van der Waals surface area contributed by atoms with E-state index < -0.39 is 12.2 Å². The average molecular weight is 429 g/mol. The van der Waals surface area contributed by atoms with Gasteiger partial charge in [0.05, 0.1) is 6.10 Å². The van der Waals surface area contributed by atoms with Crippen LogP contribution in [-0.4, -0.2) is 42.9 Å². The van der Waals surface area contributed by atoms with Crippen LogP contribution in [0, 0.1) is 0 Å². The van der Waals surface area contributed by atoms with Crippen molar-refractivity contribution >= 4 is 12.0 Å². The smallest absolute Gasteiger partial charge is 0.407 e. The first-order chi connectivity index (χ1) is 15.0. The van der Waals surface area contributed by atoms with E-state index in [2.05, 4.69) is 10.6 Å². The Hall–Kier alpha value is -3.06. The molecule has 7 nitrogen and oxygen atoms in total. The molecule has 2 amide bonds. The minimum absolute atomic E-state index is 0.0504. The minimum Gasteiger partial charge on any atom is -0.484 e. The second-order valence-corrected chi connectivity index (χ2v) is 7.37. The van der Waals surface area contributed by atoms with E-state index in [-0.39, 0.29) is 19.1 Å². The van der Waals surface area contributed by atoms with E-state index in [4.69, 9.17) is 14.6 Å². The summed E-state index contributed by atoms with van der Waals surface area (Å²) in [6, 6.07) is 17.2. The van der Waals surface area contributed by atoms with Gasteiger partial charge in [0.1, 0.15) is 12.4 Å². The normalized spacial score (nSPS) is 11.4. The maximum atomic E-state index is 11.7. The van der Waals surface area contributed by atoms with Crippen LogP contribution < -0.4 is 15.4 Å². The molecule has 7 heteroatoms. The number of alkyl carbamates (subject to hydrolysis) is 1. The Morgan fingerprint density at radius 1 is 0.935 bits per heavy atom. The van der Waals surface area contributed by atoms with Gasteiger partial charge in [0, 0.05) is 13.1 Å². The van der Waals surface area contributed by atoms with Crippen molar-refractivity contribution in [3.8, 4) is 5.75 Å². The third-order valence-corrected chi connectivity index (χ3v) is 4.55. The number of amides is 2. The molecule has 0 aromatic heterocycles. The zero-order valence-corrected chi connectivity index (χ0v) is 18.0. The van der Waals surface area contributed by atoms with Gasteiger partial charge in [0.25, 0.3) is 5.91 Å². The number of aliphatic hydroxyl groups is 1. The molecule has 1 atom stereocenters. The first kappa shape index (κ1) is 24.2. The van der Waals surface area contributed by atoms with E-state index in [1.165, 1.54) is 5.56 Å². The molecule has 0 aliphatic heterocycles. The van der Waals surface area contributed by atoms with Crippen molar-refractivity contribution in [3.63, 3.8) is 0 Å². The van der Waals surface area contributed by atoms with Gasteiger partial charge in [-0.25, -0.2) is 4.79 Å². The number of benzene rings is 2. The van der Waals surface area contributed by atoms with Crippen LogP contribution in [0.1, 0.15) is 37.3 Å². The zero-order chi connectivity index (χ0) is 22.3. The summed E-state index contributed by atoms with van der Waals surface area (Å²) in [6.45, 7) is 2.90. The van der Waals surface area contributed by atoms with Gasteiger partial charge < -0.3 is 25.2 Å². The topological polar surface area (TPSA) is 96.9 Å². The molecule has 2 aromatic rings. The molecule has 168 valence electrons. The number of unbranched alkanes of at least 4 members (excludes halogenated alkanes) is 1. The third kappa shape index (κ3) is 11.1. The monoisotopic (exact) mass is 428 g/mol. The molecule has 0 saturated carbocycles. The van der Waals surface area contributed by atoms with Gasteiger partial charge in [-0.3, -0.25) is 4.79 Å². The number of aliphatic hydroxyl groups excluding tert-OH is 1. The van der Waals surface area contributed by atoms with E-state index in [9.17, 15) is 9.59 Å². The van der Waals surface area contributed by atoms with E-state index in [1.54, 1.807) is 6.92 Å². The van der Waals surface area contributed by atoms with Crippen molar-refractivity contribution in [1.82, 2.24) is 10.6 Å². The predicted octanol–water partition coefficient (Wildman–Crippen LogP) is 3.20. The highest BCUT2D eigenvalue weighted by Crippen LogP contribution is 2.14. The molecule has 2 rings (SSSR count). The molecule has 0 aliphatic carbocycles. The summed E-state index contributed by atoms with van der Waals surface area (Å²) in [6.07, 6.45) is 2.36. The standard InChI is InChI=1S/C24H32N2O5/c1-19(27)14-16-25-23(28)18-30-22-12-10-20(11-13-22)7-5-6-15-26-24(29)31-17-21-8-3-2-4-9-21/h2-4,8-13,19,27H,5-7,14-18H2,1H3,(H,25,28)(H,26,29). The molecule has 3 N–H and O–H groups in total. The third-order valence-electron chi connectivity index (χ3n) is 4.55. The van der Waals surface area contributed by atoms with E-state index in [1.807, 2.05) is 54.6 Å². The summed E-state index contributed by atoms with van der Waals surface area (Å²) in [5.74, 6) is 0.428. The Bertz CT molecular complexity index is 778. The highest BCUT2D eigenvalue weighted by Gasteiger charge is 2.04. The number of hydrogen-bond acceptors (Lipinski definition) is 5. The highest BCUT2D eigenvalue weighted by molar-refractivity contribution is 5.77. The lowest BCUT2D eigenvalue weighted by atomic mass is 10.1. The summed E-state index contributed by atoms with van der Waals surface area (Å²) in [4.78, 5) is 23.4. The van der Waals surface area contributed by atoms with Crippen molar-refractivity contribution in [2.75, 3.05) is 19.7 Å². The van der Waals surface area contributed by atoms with Gasteiger partial charge in [-0.15, -0.1) is 0 Å². The first-order valence-electron chi connectivity index (χ1n) is 10.6. The Kier molecular flexibility index (Phi) is 11.0. The van der Waals surface area contributed by atoms with E-state index in [0.717, 1.165) is 24.8 Å². The van der Waals surface area contributed by atoms with Gasteiger partial charge >= 0.3 is 6.09 Å². The number of carbonyl (C=O) groups excluding carboxylic acids is 2. The lowest BCUT2D eigenvalue weighted by molar-refractivity contribution is -0.123. The number of ether oxygens (including phenoxy) is 2. The lowest BCUT2D eigenvalue weighted by Crippen LogP contribution is -2.31. The highest BCUT2D eigenvalue weighted by atomic mass is 16.5. The molecule has 31 heavy (non-hydrogen) atoms. The summed E-state index contributed by atoms with van der Waals surface area (Å²) >= 11 is 0. The van der Waals surface area contributed by atoms with Crippen LogP contribution in [0.5, 0.6) is 5.75 Å². The number of hydrogen-bond donors (Lipinski definition) is 3. The van der Waals surface area contributed by atoms with Crippen molar-refractivity contribution in [3.05, 3.63) is 65.7 Å². The maximum Gasteiger partial charge on any atom is 0.407 e. The van der Waals surface area contributed by atoms with Gasteiger partial charge in [-0.2, -0.15) is 0 Å². The number of rotatable bonds is 13. The quantitative estimate of drug-likeness (QED) is 0.426. The molecule has 0 heterocycles.